The quantitative estimate of drug-likeness (QED) is 0.895. The van der Waals surface area contributed by atoms with Gasteiger partial charge >= 0.3 is 12.2 Å². The van der Waals surface area contributed by atoms with Gasteiger partial charge in [0.25, 0.3) is 0 Å². The molecule has 2 N–H and O–H groups in total. The van der Waals surface area contributed by atoms with Gasteiger partial charge in [-0.1, -0.05) is 0 Å². The van der Waals surface area contributed by atoms with Crippen molar-refractivity contribution in [1.29, 1.82) is 0 Å². The lowest BCUT2D eigenvalue weighted by molar-refractivity contribution is -0.140. The minimum Gasteiger partial charge on any atom is -0.396 e. The number of nitrogens with zero attached hydrogens (tertiary/aromatic N) is 2. The first-order valence-electron chi connectivity index (χ1n) is 6.55. The summed E-state index contributed by atoms with van der Waals surface area (Å²) in [5.41, 5.74) is -0.935. The fourth-order valence-corrected chi connectivity index (χ4v) is 2.92. The number of alkyl halides is 3. The number of amides is 2. The lowest BCUT2D eigenvalue weighted by Gasteiger charge is -2.31. The van der Waals surface area contributed by atoms with Crippen LogP contribution in [0.3, 0.4) is 0 Å². The highest BCUT2D eigenvalue weighted by molar-refractivity contribution is 7.09. The van der Waals surface area contributed by atoms with Crippen molar-refractivity contribution in [3.63, 3.8) is 0 Å². The Balaban J connectivity index is 1.85. The van der Waals surface area contributed by atoms with Crippen LogP contribution in [0, 0.1) is 5.92 Å². The number of piperidine rings is 1. The highest BCUT2D eigenvalue weighted by Gasteiger charge is 2.33. The molecule has 1 aliphatic rings. The van der Waals surface area contributed by atoms with Gasteiger partial charge in [0.2, 0.25) is 0 Å². The molecule has 1 aliphatic heterocycles. The second-order valence-corrected chi connectivity index (χ2v) is 5.86. The summed E-state index contributed by atoms with van der Waals surface area (Å²) in [6.45, 7) is 1.06. The van der Waals surface area contributed by atoms with Crippen LogP contribution in [0.2, 0.25) is 0 Å². The number of urea groups is 1. The number of aliphatic hydroxyl groups is 1. The Morgan fingerprint density at radius 3 is 2.95 bits per heavy atom. The van der Waals surface area contributed by atoms with E-state index in [2.05, 4.69) is 10.3 Å². The van der Waals surface area contributed by atoms with Crippen molar-refractivity contribution in [1.82, 2.24) is 15.2 Å². The molecule has 5 nitrogen and oxygen atoms in total. The molecular formula is C12H16F3N3O2S. The maximum Gasteiger partial charge on any atom is 0.434 e. The van der Waals surface area contributed by atoms with E-state index < -0.39 is 11.9 Å². The predicted molar refractivity (Wildman–Crippen MR) is 70.7 cm³/mol. The second kappa shape index (κ2) is 6.61. The van der Waals surface area contributed by atoms with Crippen LogP contribution in [0.15, 0.2) is 5.38 Å². The van der Waals surface area contributed by atoms with Crippen molar-refractivity contribution in [3.05, 3.63) is 16.1 Å². The Kier molecular flexibility index (Phi) is 5.04. The standard InChI is InChI=1S/C12H16F3N3O2S/c13-12(14,15)9-7-21-10(17-9)4-16-11(20)18-3-1-2-8(5-18)6-19/h7-8,19H,1-6H2,(H,16,20). The zero-order valence-electron chi connectivity index (χ0n) is 11.2. The molecule has 21 heavy (non-hydrogen) atoms. The molecule has 0 aromatic carbocycles. The van der Waals surface area contributed by atoms with E-state index in [4.69, 9.17) is 5.11 Å². The first kappa shape index (κ1) is 16.0. The molecule has 0 radical (unpaired) electrons. The Bertz CT molecular complexity index is 492. The number of nitrogens with one attached hydrogen (secondary N) is 1. The smallest absolute Gasteiger partial charge is 0.396 e. The maximum atomic E-state index is 12.4. The van der Waals surface area contributed by atoms with Gasteiger partial charge in [-0.15, -0.1) is 11.3 Å². The molecular weight excluding hydrogens is 307 g/mol. The van der Waals surface area contributed by atoms with Crippen molar-refractivity contribution >= 4 is 17.4 Å². The summed E-state index contributed by atoms with van der Waals surface area (Å²) in [6, 6.07) is -0.336. The predicted octanol–water partition coefficient (Wildman–Crippen LogP) is 2.08. The number of aromatic nitrogens is 1. The van der Waals surface area contributed by atoms with Crippen LogP contribution in [0.5, 0.6) is 0 Å². The molecule has 1 aromatic rings. The van der Waals surface area contributed by atoms with E-state index in [9.17, 15) is 18.0 Å². The number of likely N-dealkylation sites (tertiary alicyclic amines) is 1. The third-order valence-electron chi connectivity index (χ3n) is 3.30. The van der Waals surface area contributed by atoms with Gasteiger partial charge in [-0.05, 0) is 18.8 Å². The van der Waals surface area contributed by atoms with Crippen LogP contribution < -0.4 is 5.32 Å². The summed E-state index contributed by atoms with van der Waals surface area (Å²) in [4.78, 5) is 16.9. The Hall–Kier alpha value is -1.35. The fraction of sp³-hybridized carbons (Fsp3) is 0.667. The number of halogens is 3. The van der Waals surface area contributed by atoms with Gasteiger partial charge in [-0.25, -0.2) is 9.78 Å². The van der Waals surface area contributed by atoms with Crippen molar-refractivity contribution in [2.45, 2.75) is 25.6 Å². The Morgan fingerprint density at radius 1 is 1.57 bits per heavy atom. The number of carbonyl (C=O) groups excluding carboxylic acids is 1. The van der Waals surface area contributed by atoms with Gasteiger partial charge in [0.05, 0.1) is 6.54 Å². The van der Waals surface area contributed by atoms with Gasteiger partial charge in [0.1, 0.15) is 5.01 Å². The maximum absolute atomic E-state index is 12.4. The average molecular weight is 323 g/mol. The summed E-state index contributed by atoms with van der Waals surface area (Å²) in [5, 5.41) is 12.8. The third-order valence-corrected chi connectivity index (χ3v) is 4.15. The van der Waals surface area contributed by atoms with Crippen LogP contribution in [0.1, 0.15) is 23.5 Å². The molecule has 1 unspecified atom stereocenters. The van der Waals surface area contributed by atoms with Gasteiger partial charge < -0.3 is 15.3 Å². The molecule has 2 amide bonds. The van der Waals surface area contributed by atoms with E-state index in [-0.39, 0.29) is 30.1 Å². The van der Waals surface area contributed by atoms with Gasteiger partial charge in [-0.3, -0.25) is 0 Å². The summed E-state index contributed by atoms with van der Waals surface area (Å²) in [7, 11) is 0. The van der Waals surface area contributed by atoms with Crippen molar-refractivity contribution in [2.24, 2.45) is 5.92 Å². The summed E-state index contributed by atoms with van der Waals surface area (Å²) in [5.74, 6) is 0.0706. The number of hydrogen-bond acceptors (Lipinski definition) is 4. The molecule has 2 heterocycles. The second-order valence-electron chi connectivity index (χ2n) is 4.92. The zero-order chi connectivity index (χ0) is 15.5. The number of hydrogen-bond donors (Lipinski definition) is 2. The van der Waals surface area contributed by atoms with Crippen molar-refractivity contribution in [3.8, 4) is 0 Å². The van der Waals surface area contributed by atoms with Crippen LogP contribution in [0.25, 0.3) is 0 Å². The molecule has 0 spiro atoms. The molecule has 1 atom stereocenters. The first-order chi connectivity index (χ1) is 9.90. The molecule has 0 aliphatic carbocycles. The molecule has 118 valence electrons. The molecule has 0 bridgehead atoms. The molecule has 2 rings (SSSR count). The topological polar surface area (TPSA) is 65.5 Å². The molecule has 1 fully saturated rings. The van der Waals surface area contributed by atoms with E-state index in [0.717, 1.165) is 29.6 Å². The molecule has 0 saturated carbocycles. The Labute approximate surface area is 123 Å². The van der Waals surface area contributed by atoms with Crippen molar-refractivity contribution in [2.75, 3.05) is 19.7 Å². The third kappa shape index (κ3) is 4.31. The molecule has 1 aromatic heterocycles. The minimum absolute atomic E-state index is 0.0279. The van der Waals surface area contributed by atoms with Gasteiger partial charge in [0, 0.05) is 25.1 Å². The average Bonchev–Trinajstić information content (AvgIpc) is 2.94. The van der Waals surface area contributed by atoms with Crippen LogP contribution in [-0.2, 0) is 12.7 Å². The van der Waals surface area contributed by atoms with E-state index in [0.29, 0.717) is 13.1 Å². The van der Waals surface area contributed by atoms with Crippen LogP contribution in [0.4, 0.5) is 18.0 Å². The monoisotopic (exact) mass is 323 g/mol. The SMILES string of the molecule is O=C(NCc1nc(C(F)(F)F)cs1)N1CCCC(CO)C1. The number of aliphatic hydroxyl groups excluding tert-OH is 1. The van der Waals surface area contributed by atoms with Crippen LogP contribution in [-0.4, -0.2) is 40.7 Å². The first-order valence-corrected chi connectivity index (χ1v) is 7.43. The lowest BCUT2D eigenvalue weighted by atomic mass is 9.99. The minimum atomic E-state index is -4.46. The van der Waals surface area contributed by atoms with Crippen molar-refractivity contribution < 1.29 is 23.1 Å². The van der Waals surface area contributed by atoms with E-state index in [1.54, 1.807) is 4.90 Å². The summed E-state index contributed by atoms with van der Waals surface area (Å²) >= 11 is 0.866. The van der Waals surface area contributed by atoms with Gasteiger partial charge in [0.15, 0.2) is 5.69 Å². The summed E-state index contributed by atoms with van der Waals surface area (Å²) in [6.07, 6.45) is -2.77. The fourth-order valence-electron chi connectivity index (χ4n) is 2.18. The normalized spacial score (nSPS) is 19.6. The van der Waals surface area contributed by atoms with E-state index >= 15 is 0 Å². The van der Waals surface area contributed by atoms with E-state index in [1.807, 2.05) is 0 Å². The zero-order valence-corrected chi connectivity index (χ0v) is 12.0. The number of thiazole rings is 1. The van der Waals surface area contributed by atoms with E-state index in [1.165, 1.54) is 0 Å². The largest absolute Gasteiger partial charge is 0.434 e. The molecule has 1 saturated heterocycles. The highest BCUT2D eigenvalue weighted by atomic mass is 32.1. The van der Waals surface area contributed by atoms with Crippen LogP contribution >= 0.6 is 11.3 Å². The molecule has 9 heteroatoms. The van der Waals surface area contributed by atoms with Gasteiger partial charge in [-0.2, -0.15) is 13.2 Å². The number of carbonyl (C=O) groups is 1. The summed E-state index contributed by atoms with van der Waals surface area (Å²) < 4.78 is 37.2. The highest BCUT2D eigenvalue weighted by Crippen LogP contribution is 2.29. The Morgan fingerprint density at radius 2 is 2.33 bits per heavy atom. The lowest BCUT2D eigenvalue weighted by Crippen LogP contribution is -2.45. The number of rotatable bonds is 3.